The van der Waals surface area contributed by atoms with E-state index in [2.05, 4.69) is 217 Å². The Hall–Kier alpha value is -6.40. The second-order valence-electron chi connectivity index (χ2n) is 22.1. The molecule has 1 radical (unpaired) electrons. The summed E-state index contributed by atoms with van der Waals surface area (Å²) in [7, 11) is 0. The van der Waals surface area contributed by atoms with E-state index in [9.17, 15) is 0 Å². The molecule has 2 aliphatic rings. The average molecular weight is 931 g/mol. The van der Waals surface area contributed by atoms with Crippen LogP contribution in [0.25, 0.3) is 90.1 Å². The molecule has 0 saturated heterocycles. The van der Waals surface area contributed by atoms with Gasteiger partial charge in [0.25, 0.3) is 0 Å². The second-order valence-corrected chi connectivity index (χ2v) is 22.1. The predicted molar refractivity (Wildman–Crippen MR) is 280 cm³/mol. The van der Waals surface area contributed by atoms with Crippen molar-refractivity contribution in [3.05, 3.63) is 166 Å². The topological polar surface area (TPSA) is 106 Å². The maximum atomic E-state index is 7.21. The molecule has 6 nitrogen and oxygen atoms in total. The van der Waals surface area contributed by atoms with E-state index in [4.69, 9.17) is 31.4 Å². The summed E-state index contributed by atoms with van der Waals surface area (Å²) in [5, 5.41) is 0. The maximum absolute atomic E-state index is 7.21. The van der Waals surface area contributed by atoms with Crippen LogP contribution in [-0.4, -0.2) is 9.97 Å². The van der Waals surface area contributed by atoms with Crippen molar-refractivity contribution in [3.8, 4) is 44.5 Å². The van der Waals surface area contributed by atoms with Gasteiger partial charge in [0.15, 0.2) is 0 Å². The van der Waals surface area contributed by atoms with Gasteiger partial charge in [0.1, 0.15) is 0 Å². The van der Waals surface area contributed by atoms with Gasteiger partial charge >= 0.3 is 17.1 Å². The van der Waals surface area contributed by atoms with Crippen molar-refractivity contribution in [3.63, 3.8) is 0 Å². The van der Waals surface area contributed by atoms with Crippen LogP contribution in [0.5, 0.6) is 0 Å². The minimum Gasteiger partial charge on any atom is -0.657 e. The van der Waals surface area contributed by atoms with Gasteiger partial charge in [0, 0.05) is 0 Å². The van der Waals surface area contributed by atoms with E-state index in [0.29, 0.717) is 22.8 Å². The Labute approximate surface area is 407 Å². The normalized spacial score (nSPS) is 13.3. The third kappa shape index (κ3) is 8.95. The molecule has 0 aliphatic carbocycles. The minimum absolute atomic E-state index is 0. The minimum atomic E-state index is -0.0344. The summed E-state index contributed by atoms with van der Waals surface area (Å²) >= 11 is 0. The zero-order valence-corrected chi connectivity index (χ0v) is 41.9. The van der Waals surface area contributed by atoms with Crippen molar-refractivity contribution in [2.24, 2.45) is 11.5 Å². The third-order valence-corrected chi connectivity index (χ3v) is 13.1. The molecule has 9 rings (SSSR count). The van der Waals surface area contributed by atoms with Gasteiger partial charge in [-0.2, -0.15) is 0 Å². The Balaban J connectivity index is 0.00000608. The van der Waals surface area contributed by atoms with Gasteiger partial charge in [-0.1, -0.05) is 204 Å². The molecule has 0 unspecified atom stereocenters. The van der Waals surface area contributed by atoms with Gasteiger partial charge in [-0.15, -0.1) is 22.1 Å². The molecule has 67 heavy (non-hydrogen) atoms. The van der Waals surface area contributed by atoms with E-state index < -0.39 is 0 Å². The van der Waals surface area contributed by atoms with Crippen LogP contribution in [0, 0.1) is 0 Å². The predicted octanol–water partition coefficient (Wildman–Crippen LogP) is 14.3. The quantitative estimate of drug-likeness (QED) is 0.170. The molecule has 0 amide bonds. The summed E-state index contributed by atoms with van der Waals surface area (Å²) in [6.45, 7) is 26.8. The zero-order chi connectivity index (χ0) is 47.1. The smallest absolute Gasteiger partial charge is 0.657 e. The molecule has 4 N–H and O–H groups in total. The molecule has 0 saturated carbocycles. The van der Waals surface area contributed by atoms with Crippen molar-refractivity contribution in [2.45, 2.75) is 105 Å². The van der Waals surface area contributed by atoms with E-state index in [-0.39, 0.29) is 38.7 Å². The van der Waals surface area contributed by atoms with Crippen molar-refractivity contribution in [2.75, 3.05) is 0 Å². The third-order valence-electron chi connectivity index (χ3n) is 13.1. The summed E-state index contributed by atoms with van der Waals surface area (Å²) in [4.78, 5) is 22.0. The number of rotatable bonds is 4. The van der Waals surface area contributed by atoms with Gasteiger partial charge in [0.05, 0.1) is 34.2 Å². The Morgan fingerprint density at radius 3 is 0.821 bits per heavy atom. The van der Waals surface area contributed by atoms with E-state index in [1.165, 1.54) is 22.3 Å². The van der Waals surface area contributed by atoms with Gasteiger partial charge in [-0.05, 0) is 101 Å². The molecular formula is C60H62CuN6. The summed E-state index contributed by atoms with van der Waals surface area (Å²) < 4.78 is 0. The zero-order valence-electron chi connectivity index (χ0n) is 40.9. The first-order chi connectivity index (χ1) is 31.1. The average Bonchev–Trinajstić information content (AvgIpc) is 4.09. The fraction of sp³-hybridized carbons (Fsp3) is 0.267. The summed E-state index contributed by atoms with van der Waals surface area (Å²) in [5.41, 5.74) is 33.3. The first kappa shape index (κ1) is 47.1. The Morgan fingerprint density at radius 2 is 0.567 bits per heavy atom. The number of nitrogens with zero attached hydrogens (tertiary/aromatic N) is 4. The van der Waals surface area contributed by atoms with Crippen LogP contribution in [0.4, 0.5) is 0 Å². The molecule has 8 bridgehead atoms. The van der Waals surface area contributed by atoms with E-state index >= 15 is 0 Å². The van der Waals surface area contributed by atoms with Crippen molar-refractivity contribution >= 4 is 45.6 Å². The van der Waals surface area contributed by atoms with Crippen LogP contribution in [0.1, 0.15) is 128 Å². The van der Waals surface area contributed by atoms with Gasteiger partial charge in [-0.3, -0.25) is 0 Å². The fourth-order valence-electron chi connectivity index (χ4n) is 9.00. The van der Waals surface area contributed by atoms with Crippen molar-refractivity contribution < 1.29 is 17.1 Å². The number of nitrogens with two attached hydrogens (primary N) is 2. The largest absolute Gasteiger partial charge is 2.00 e. The van der Waals surface area contributed by atoms with Crippen molar-refractivity contribution in [1.29, 1.82) is 0 Å². The second kappa shape index (κ2) is 17.0. The van der Waals surface area contributed by atoms with Gasteiger partial charge in [-0.25, -0.2) is 9.97 Å². The van der Waals surface area contributed by atoms with Gasteiger partial charge in [0.2, 0.25) is 0 Å². The fourth-order valence-corrected chi connectivity index (χ4v) is 9.00. The number of benzene rings is 4. The van der Waals surface area contributed by atoms with Crippen LogP contribution in [0.2, 0.25) is 0 Å². The Kier molecular flexibility index (Phi) is 12.0. The monoisotopic (exact) mass is 929 g/mol. The number of hydrogen-bond donors (Lipinski definition) is 2. The molecule has 7 aromatic rings. The number of fused-ring (bicyclic) bond motifs is 8. The molecule has 7 heteroatoms. The van der Waals surface area contributed by atoms with Crippen LogP contribution >= 0.6 is 0 Å². The molecular weight excluding hydrogens is 868 g/mol. The first-order valence-corrected chi connectivity index (χ1v) is 23.1. The summed E-state index contributed by atoms with van der Waals surface area (Å²) in [5.74, 6) is 0. The Morgan fingerprint density at radius 1 is 0.328 bits per heavy atom. The number of aromatic nitrogens is 4. The van der Waals surface area contributed by atoms with Gasteiger partial charge < -0.3 is 21.4 Å². The summed E-state index contributed by atoms with van der Waals surface area (Å²) in [6.07, 6.45) is 4.24. The molecule has 0 atom stereocenters. The Bertz CT molecular complexity index is 3030. The molecule has 0 fully saturated rings. The molecule has 2 aliphatic heterocycles. The van der Waals surface area contributed by atoms with Crippen LogP contribution in [0.3, 0.4) is 0 Å². The molecule has 5 heterocycles. The van der Waals surface area contributed by atoms with Crippen molar-refractivity contribution in [1.82, 2.24) is 19.9 Å². The summed E-state index contributed by atoms with van der Waals surface area (Å²) in [6, 6.07) is 43.4. The first-order valence-electron chi connectivity index (χ1n) is 23.1. The van der Waals surface area contributed by atoms with E-state index in [1.807, 2.05) is 0 Å². The van der Waals surface area contributed by atoms with E-state index in [1.54, 1.807) is 0 Å². The standard InChI is InChI=1S/C60H62N6.Cu/c1-57(2,3)39-21-13-35(14-22-39)49-43-29-30-44(63-43)50(36-15-23-40(24-16-36)58(4,5)6)46-32-34-48(65-46)52(38-19-27-42(28-20-38)60(10,11)12)56-54(62)53(61)55(66-56)51(47-33-31-45(49)64-47)37-17-25-41(26-18-37)59(7,8)9;/h13-34H,61-62H2,1-12H3;/q-2;+2. The maximum Gasteiger partial charge on any atom is 2.00 e. The van der Waals surface area contributed by atoms with E-state index in [0.717, 1.165) is 78.0 Å². The molecule has 343 valence electrons. The number of hydrogen-bond acceptors (Lipinski definition) is 4. The van der Waals surface area contributed by atoms with Crippen LogP contribution < -0.4 is 21.4 Å². The molecule has 0 spiro atoms. The van der Waals surface area contributed by atoms with Crippen LogP contribution in [0.15, 0.2) is 121 Å². The van der Waals surface area contributed by atoms with Crippen LogP contribution in [-0.2, 0) is 38.7 Å². The molecule has 3 aromatic heterocycles. The SMILES string of the molecule is CC(C)(C)c1ccc(-c2c3nc(c(-c4ccc(C(C)(C)C)cc4)c4ccc([n-]4)c(-c4ccc(C(C)(C)C)cc4)c4nc(c(-c5ccc(C(C)(C)C)cc5)c5ccc2[n-]5)C(N)=C4N)C=C3)cc1.[Cu+2]. The molecule has 4 aromatic carbocycles.